The van der Waals surface area contributed by atoms with Crippen molar-refractivity contribution < 1.29 is 9.59 Å². The van der Waals surface area contributed by atoms with E-state index in [9.17, 15) is 9.59 Å². The van der Waals surface area contributed by atoms with Crippen LogP contribution in [0.5, 0.6) is 0 Å². The van der Waals surface area contributed by atoms with Crippen LogP contribution in [0.15, 0.2) is 0 Å². The first-order valence-corrected chi connectivity index (χ1v) is 7.21. The van der Waals surface area contributed by atoms with Gasteiger partial charge in [0.05, 0.1) is 0 Å². The number of hydrogen-bond acceptors (Lipinski definition) is 2. The lowest BCUT2D eigenvalue weighted by Crippen LogP contribution is -2.45. The maximum atomic E-state index is 12.2. The molecule has 4 heteroatoms. The van der Waals surface area contributed by atoms with E-state index in [-0.39, 0.29) is 18.2 Å². The molecule has 1 fully saturated rings. The minimum absolute atomic E-state index is 0.0125. The van der Waals surface area contributed by atoms with Gasteiger partial charge in [0.15, 0.2) is 0 Å². The molecular formula is C14H26N2O2. The Kier molecular flexibility index (Phi) is 6.16. The number of piperidine rings is 1. The van der Waals surface area contributed by atoms with Crippen LogP contribution in [-0.2, 0) is 9.59 Å². The minimum Gasteiger partial charge on any atom is -0.343 e. The van der Waals surface area contributed by atoms with Crippen LogP contribution in [0.25, 0.3) is 0 Å². The first-order valence-electron chi connectivity index (χ1n) is 7.21. The molecule has 18 heavy (non-hydrogen) atoms. The minimum atomic E-state index is -0.0366. The summed E-state index contributed by atoms with van der Waals surface area (Å²) in [4.78, 5) is 27.8. The van der Waals surface area contributed by atoms with E-state index in [0.717, 1.165) is 25.8 Å². The molecule has 0 spiro atoms. The van der Waals surface area contributed by atoms with E-state index < -0.39 is 0 Å². The Labute approximate surface area is 110 Å². The van der Waals surface area contributed by atoms with Crippen molar-refractivity contribution in [2.24, 2.45) is 0 Å². The number of carbonyl (C=O) groups is 2. The molecule has 0 bridgehead atoms. The summed E-state index contributed by atoms with van der Waals surface area (Å²) in [7, 11) is 0. The molecule has 2 amide bonds. The van der Waals surface area contributed by atoms with Gasteiger partial charge < -0.3 is 9.80 Å². The van der Waals surface area contributed by atoms with Crippen LogP contribution in [0.4, 0.5) is 0 Å². The molecule has 1 aliphatic rings. The van der Waals surface area contributed by atoms with Crippen LogP contribution in [0.1, 0.15) is 52.9 Å². The van der Waals surface area contributed by atoms with E-state index >= 15 is 0 Å². The van der Waals surface area contributed by atoms with Gasteiger partial charge in [-0.05, 0) is 39.5 Å². The van der Waals surface area contributed by atoms with Crippen molar-refractivity contribution in [3.8, 4) is 0 Å². The molecule has 0 aromatic heterocycles. The van der Waals surface area contributed by atoms with Crippen LogP contribution >= 0.6 is 0 Å². The number of hydrogen-bond donors (Lipinski definition) is 0. The van der Waals surface area contributed by atoms with Crippen molar-refractivity contribution >= 4 is 11.8 Å². The number of likely N-dealkylation sites (tertiary alicyclic amines) is 1. The molecule has 0 saturated carbocycles. The number of carbonyl (C=O) groups excluding carboxylic acids is 2. The molecule has 104 valence electrons. The van der Waals surface area contributed by atoms with Gasteiger partial charge in [0.2, 0.25) is 11.8 Å². The summed E-state index contributed by atoms with van der Waals surface area (Å²) in [5.74, 6) is -0.0242. The standard InChI is InChI=1S/C14H26N2O2/c1-4-12-9-7-8-10-16(12)14(18)11-13(17)15(5-2)6-3/h12H,4-11H2,1-3H3. The second kappa shape index (κ2) is 7.39. The van der Waals surface area contributed by atoms with Crippen LogP contribution in [0.2, 0.25) is 0 Å². The number of amides is 2. The quantitative estimate of drug-likeness (QED) is 0.704. The molecule has 0 aromatic carbocycles. The van der Waals surface area contributed by atoms with Gasteiger partial charge in [0.1, 0.15) is 6.42 Å². The molecule has 0 aliphatic carbocycles. The summed E-state index contributed by atoms with van der Waals surface area (Å²) in [6, 6.07) is 0.343. The Balaban J connectivity index is 2.55. The topological polar surface area (TPSA) is 40.6 Å². The molecular weight excluding hydrogens is 228 g/mol. The van der Waals surface area contributed by atoms with Crippen LogP contribution in [-0.4, -0.2) is 47.3 Å². The van der Waals surface area contributed by atoms with E-state index in [0.29, 0.717) is 19.1 Å². The second-order valence-corrected chi connectivity index (χ2v) is 4.89. The summed E-state index contributed by atoms with van der Waals surface area (Å²) >= 11 is 0. The zero-order valence-electron chi connectivity index (χ0n) is 11.9. The molecule has 0 N–H and O–H groups in total. The Bertz CT molecular complexity index is 288. The van der Waals surface area contributed by atoms with E-state index in [4.69, 9.17) is 0 Å². The Morgan fingerprint density at radius 3 is 2.39 bits per heavy atom. The zero-order chi connectivity index (χ0) is 13.5. The Morgan fingerprint density at radius 2 is 1.83 bits per heavy atom. The highest BCUT2D eigenvalue weighted by molar-refractivity contribution is 5.97. The highest BCUT2D eigenvalue weighted by atomic mass is 16.2. The summed E-state index contributed by atoms with van der Waals surface area (Å²) in [6.07, 6.45) is 4.39. The first-order chi connectivity index (χ1) is 8.63. The summed E-state index contributed by atoms with van der Waals surface area (Å²) in [5, 5.41) is 0. The molecule has 1 atom stereocenters. The molecule has 4 nitrogen and oxygen atoms in total. The number of nitrogens with zero attached hydrogens (tertiary/aromatic N) is 2. The van der Waals surface area contributed by atoms with Gasteiger partial charge in [0, 0.05) is 25.7 Å². The largest absolute Gasteiger partial charge is 0.343 e. The second-order valence-electron chi connectivity index (χ2n) is 4.89. The van der Waals surface area contributed by atoms with E-state index in [1.807, 2.05) is 18.7 Å². The number of rotatable bonds is 5. The van der Waals surface area contributed by atoms with Gasteiger partial charge >= 0.3 is 0 Å². The highest BCUT2D eigenvalue weighted by Crippen LogP contribution is 2.20. The average Bonchev–Trinajstić information content (AvgIpc) is 2.40. The van der Waals surface area contributed by atoms with Crippen molar-refractivity contribution in [1.29, 1.82) is 0 Å². The fourth-order valence-electron chi connectivity index (χ4n) is 2.67. The molecule has 1 rings (SSSR count). The smallest absolute Gasteiger partial charge is 0.232 e. The highest BCUT2D eigenvalue weighted by Gasteiger charge is 2.27. The molecule has 0 aromatic rings. The van der Waals surface area contributed by atoms with Gasteiger partial charge in [-0.2, -0.15) is 0 Å². The molecule has 1 heterocycles. The van der Waals surface area contributed by atoms with Crippen molar-refractivity contribution in [3.63, 3.8) is 0 Å². The van der Waals surface area contributed by atoms with E-state index in [2.05, 4.69) is 6.92 Å². The van der Waals surface area contributed by atoms with Gasteiger partial charge in [-0.15, -0.1) is 0 Å². The summed E-state index contributed by atoms with van der Waals surface area (Å²) in [5.41, 5.74) is 0. The predicted octanol–water partition coefficient (Wildman–Crippen LogP) is 2.04. The summed E-state index contributed by atoms with van der Waals surface area (Å²) in [6.45, 7) is 8.19. The molecule has 1 unspecified atom stereocenters. The average molecular weight is 254 g/mol. The maximum Gasteiger partial charge on any atom is 0.232 e. The van der Waals surface area contributed by atoms with Crippen molar-refractivity contribution in [3.05, 3.63) is 0 Å². The van der Waals surface area contributed by atoms with Crippen LogP contribution < -0.4 is 0 Å². The fraction of sp³-hybridized carbons (Fsp3) is 0.857. The third-order valence-corrected chi connectivity index (χ3v) is 3.84. The van der Waals surface area contributed by atoms with E-state index in [1.54, 1.807) is 4.90 Å². The molecule has 1 saturated heterocycles. The van der Waals surface area contributed by atoms with Crippen molar-refractivity contribution in [2.45, 2.75) is 58.9 Å². The normalized spacial score (nSPS) is 19.7. The van der Waals surface area contributed by atoms with Gasteiger partial charge in [-0.25, -0.2) is 0 Å². The Hall–Kier alpha value is -1.06. The molecule has 1 aliphatic heterocycles. The lowest BCUT2D eigenvalue weighted by Gasteiger charge is -2.35. The predicted molar refractivity (Wildman–Crippen MR) is 72.2 cm³/mol. The van der Waals surface area contributed by atoms with E-state index in [1.165, 1.54) is 6.42 Å². The zero-order valence-corrected chi connectivity index (χ0v) is 11.9. The Morgan fingerprint density at radius 1 is 1.17 bits per heavy atom. The van der Waals surface area contributed by atoms with Gasteiger partial charge in [-0.3, -0.25) is 9.59 Å². The fourth-order valence-corrected chi connectivity index (χ4v) is 2.67. The summed E-state index contributed by atoms with van der Waals surface area (Å²) < 4.78 is 0. The third kappa shape index (κ3) is 3.72. The van der Waals surface area contributed by atoms with Crippen molar-refractivity contribution in [1.82, 2.24) is 9.80 Å². The van der Waals surface area contributed by atoms with Gasteiger partial charge in [0.25, 0.3) is 0 Å². The lowest BCUT2D eigenvalue weighted by molar-refractivity contribution is -0.142. The van der Waals surface area contributed by atoms with Crippen molar-refractivity contribution in [2.75, 3.05) is 19.6 Å². The monoisotopic (exact) mass is 254 g/mol. The SMILES string of the molecule is CCC1CCCCN1C(=O)CC(=O)N(CC)CC. The first kappa shape index (κ1) is 15.0. The third-order valence-electron chi connectivity index (χ3n) is 3.84. The molecule has 0 radical (unpaired) electrons. The maximum absolute atomic E-state index is 12.2. The van der Waals surface area contributed by atoms with Gasteiger partial charge in [-0.1, -0.05) is 6.92 Å². The van der Waals surface area contributed by atoms with Crippen LogP contribution in [0.3, 0.4) is 0 Å². The lowest BCUT2D eigenvalue weighted by atomic mass is 9.99. The van der Waals surface area contributed by atoms with Crippen LogP contribution in [0, 0.1) is 0 Å².